The van der Waals surface area contributed by atoms with Crippen molar-refractivity contribution in [1.82, 2.24) is 19.7 Å². The van der Waals surface area contributed by atoms with Crippen molar-refractivity contribution < 1.29 is 9.59 Å². The van der Waals surface area contributed by atoms with Gasteiger partial charge in [-0.05, 0) is 18.2 Å². The van der Waals surface area contributed by atoms with Crippen LogP contribution >= 0.6 is 11.8 Å². The highest BCUT2D eigenvalue weighted by molar-refractivity contribution is 7.99. The molecule has 8 nitrogen and oxygen atoms in total. The molecule has 0 fully saturated rings. The van der Waals surface area contributed by atoms with E-state index in [2.05, 4.69) is 15.5 Å². The molecule has 1 aromatic heterocycles. The molecule has 0 spiro atoms. The van der Waals surface area contributed by atoms with Crippen LogP contribution in [0.5, 0.6) is 0 Å². The van der Waals surface area contributed by atoms with Crippen LogP contribution in [0.25, 0.3) is 5.69 Å². The van der Waals surface area contributed by atoms with Gasteiger partial charge in [-0.3, -0.25) is 14.2 Å². The molecule has 25 heavy (non-hydrogen) atoms. The summed E-state index contributed by atoms with van der Waals surface area (Å²) in [6.07, 6.45) is 1.86. The number of thioether (sulfide) groups is 1. The van der Waals surface area contributed by atoms with Crippen LogP contribution in [0, 0.1) is 11.3 Å². The van der Waals surface area contributed by atoms with Crippen molar-refractivity contribution in [3.8, 4) is 11.8 Å². The van der Waals surface area contributed by atoms with Crippen molar-refractivity contribution in [3.05, 3.63) is 30.6 Å². The van der Waals surface area contributed by atoms with Crippen LogP contribution in [-0.2, 0) is 9.59 Å². The number of amides is 2. The molecule has 2 aromatic rings. The lowest BCUT2D eigenvalue weighted by Crippen LogP contribution is -2.29. The fourth-order valence-electron chi connectivity index (χ4n) is 2.02. The topological polar surface area (TPSA) is 104 Å². The Morgan fingerprint density at radius 2 is 2.24 bits per heavy atom. The molecule has 0 bridgehead atoms. The Bertz CT molecular complexity index is 798. The third kappa shape index (κ3) is 5.32. The molecule has 0 aliphatic carbocycles. The molecule has 0 unspecified atom stereocenters. The van der Waals surface area contributed by atoms with E-state index >= 15 is 0 Å². The number of nitrogens with one attached hydrogen (secondary N) is 1. The van der Waals surface area contributed by atoms with Gasteiger partial charge in [0.05, 0.1) is 23.9 Å². The first-order valence-electron chi connectivity index (χ1n) is 7.53. The molecule has 0 aliphatic rings. The molecule has 130 valence electrons. The van der Waals surface area contributed by atoms with Crippen molar-refractivity contribution in [2.45, 2.75) is 18.5 Å². The van der Waals surface area contributed by atoms with E-state index in [0.29, 0.717) is 23.8 Å². The largest absolute Gasteiger partial charge is 0.344 e. The van der Waals surface area contributed by atoms with Gasteiger partial charge in [0, 0.05) is 26.2 Å². The smallest absolute Gasteiger partial charge is 0.232 e. The van der Waals surface area contributed by atoms with Gasteiger partial charge in [0.25, 0.3) is 0 Å². The van der Waals surface area contributed by atoms with Crippen LogP contribution in [-0.4, -0.2) is 50.8 Å². The molecule has 0 saturated carbocycles. The second-order valence-electron chi connectivity index (χ2n) is 5.23. The van der Waals surface area contributed by atoms with Crippen LogP contribution < -0.4 is 5.32 Å². The summed E-state index contributed by atoms with van der Waals surface area (Å²) >= 11 is 1.27. The number of anilines is 1. The van der Waals surface area contributed by atoms with E-state index in [1.807, 2.05) is 18.2 Å². The van der Waals surface area contributed by atoms with E-state index in [-0.39, 0.29) is 17.6 Å². The van der Waals surface area contributed by atoms with Crippen molar-refractivity contribution in [2.75, 3.05) is 24.7 Å². The van der Waals surface area contributed by atoms with E-state index in [1.165, 1.54) is 23.6 Å². The normalized spacial score (nSPS) is 10.1. The van der Waals surface area contributed by atoms with Crippen LogP contribution in [0.15, 0.2) is 35.7 Å². The summed E-state index contributed by atoms with van der Waals surface area (Å²) in [6, 6.07) is 9.28. The Morgan fingerprint density at radius 1 is 1.44 bits per heavy atom. The van der Waals surface area contributed by atoms with E-state index < -0.39 is 0 Å². The molecule has 0 aliphatic heterocycles. The van der Waals surface area contributed by atoms with Gasteiger partial charge < -0.3 is 10.2 Å². The molecular weight excluding hydrogens is 340 g/mol. The summed E-state index contributed by atoms with van der Waals surface area (Å²) in [6.45, 7) is 1.85. The molecule has 2 amide bonds. The number of nitriles is 1. The lowest BCUT2D eigenvalue weighted by molar-refractivity contribution is -0.127. The van der Waals surface area contributed by atoms with Gasteiger partial charge in [0.1, 0.15) is 6.33 Å². The number of rotatable bonds is 7. The average Bonchev–Trinajstić information content (AvgIpc) is 3.05. The van der Waals surface area contributed by atoms with Crippen LogP contribution in [0.2, 0.25) is 0 Å². The van der Waals surface area contributed by atoms with Gasteiger partial charge >= 0.3 is 0 Å². The fraction of sp³-hybridized carbons (Fsp3) is 0.312. The molecule has 0 atom stereocenters. The van der Waals surface area contributed by atoms with Crippen molar-refractivity contribution in [2.24, 2.45) is 0 Å². The minimum Gasteiger partial charge on any atom is -0.344 e. The minimum atomic E-state index is -0.151. The van der Waals surface area contributed by atoms with Crippen LogP contribution in [0.4, 0.5) is 5.69 Å². The Hall–Kier alpha value is -2.86. The van der Waals surface area contributed by atoms with Crippen molar-refractivity contribution >= 4 is 29.3 Å². The van der Waals surface area contributed by atoms with E-state index in [4.69, 9.17) is 5.26 Å². The molecule has 1 N–H and O–H groups in total. The first-order valence-corrected chi connectivity index (χ1v) is 8.51. The van der Waals surface area contributed by atoms with Gasteiger partial charge in [-0.1, -0.05) is 17.8 Å². The predicted molar refractivity (Wildman–Crippen MR) is 94.3 cm³/mol. The molecule has 9 heteroatoms. The highest BCUT2D eigenvalue weighted by atomic mass is 32.2. The lowest BCUT2D eigenvalue weighted by Gasteiger charge is -2.15. The van der Waals surface area contributed by atoms with Gasteiger partial charge in [-0.15, -0.1) is 10.2 Å². The number of carbonyl (C=O) groups is 2. The van der Waals surface area contributed by atoms with Crippen molar-refractivity contribution in [3.63, 3.8) is 0 Å². The second-order valence-corrected chi connectivity index (χ2v) is 6.17. The Kier molecular flexibility index (Phi) is 6.54. The summed E-state index contributed by atoms with van der Waals surface area (Å²) in [5, 5.41) is 19.8. The van der Waals surface area contributed by atoms with Crippen LogP contribution in [0.3, 0.4) is 0 Å². The summed E-state index contributed by atoms with van der Waals surface area (Å²) in [7, 11) is 1.67. The van der Waals surface area contributed by atoms with Gasteiger partial charge in [-0.2, -0.15) is 5.26 Å². The van der Waals surface area contributed by atoms with E-state index in [9.17, 15) is 9.59 Å². The Morgan fingerprint density at radius 3 is 2.96 bits per heavy atom. The fourth-order valence-corrected chi connectivity index (χ4v) is 2.89. The maximum absolute atomic E-state index is 12.1. The van der Waals surface area contributed by atoms with Crippen LogP contribution in [0.1, 0.15) is 13.3 Å². The first-order chi connectivity index (χ1) is 12.0. The number of hydrogen-bond donors (Lipinski definition) is 1. The van der Waals surface area contributed by atoms with Gasteiger partial charge in [0.2, 0.25) is 11.8 Å². The molecule has 0 saturated heterocycles. The zero-order valence-electron chi connectivity index (χ0n) is 14.0. The summed E-state index contributed by atoms with van der Waals surface area (Å²) < 4.78 is 1.75. The molecular formula is C16H18N6O2S. The minimum absolute atomic E-state index is 0.0817. The quantitative estimate of drug-likeness (QED) is 0.755. The zero-order valence-corrected chi connectivity index (χ0v) is 14.8. The van der Waals surface area contributed by atoms with Gasteiger partial charge in [0.15, 0.2) is 5.16 Å². The maximum Gasteiger partial charge on any atom is 0.232 e. The average molecular weight is 358 g/mol. The monoisotopic (exact) mass is 358 g/mol. The first kappa shape index (κ1) is 18.5. The third-order valence-corrected chi connectivity index (χ3v) is 4.20. The zero-order chi connectivity index (χ0) is 18.2. The maximum atomic E-state index is 12.1. The Labute approximate surface area is 149 Å². The Balaban J connectivity index is 2.07. The summed E-state index contributed by atoms with van der Waals surface area (Å²) in [4.78, 5) is 24.8. The van der Waals surface area contributed by atoms with Crippen molar-refractivity contribution in [1.29, 1.82) is 5.26 Å². The number of hydrogen-bond acceptors (Lipinski definition) is 6. The predicted octanol–water partition coefficient (Wildman–Crippen LogP) is 1.69. The number of nitrogens with zero attached hydrogens (tertiary/aromatic N) is 5. The number of carbonyl (C=O) groups excluding carboxylic acids is 2. The van der Waals surface area contributed by atoms with Gasteiger partial charge in [-0.25, -0.2) is 0 Å². The molecule has 1 aromatic carbocycles. The third-order valence-electron chi connectivity index (χ3n) is 3.27. The summed E-state index contributed by atoms with van der Waals surface area (Å²) in [5.41, 5.74) is 1.45. The molecule has 2 rings (SSSR count). The standard InChI is InChI=1S/C16H18N6O2S/c1-12(23)19-13-5-3-6-14(9-13)22-11-18-20-16(22)25-10-15(24)21(2)8-4-7-17/h3,5-6,9,11H,4,8,10H2,1-2H3,(H,19,23). The van der Waals surface area contributed by atoms with E-state index in [0.717, 1.165) is 5.69 Å². The molecule has 0 radical (unpaired) electrons. The SMILES string of the molecule is CC(=O)Nc1cccc(-n2cnnc2SCC(=O)N(C)CCC#N)c1. The second kappa shape index (κ2) is 8.84. The lowest BCUT2D eigenvalue weighted by atomic mass is 10.2. The molecule has 1 heterocycles. The highest BCUT2D eigenvalue weighted by Gasteiger charge is 2.13. The highest BCUT2D eigenvalue weighted by Crippen LogP contribution is 2.22. The number of aromatic nitrogens is 3. The van der Waals surface area contributed by atoms with E-state index in [1.54, 1.807) is 30.1 Å². The summed E-state index contributed by atoms with van der Waals surface area (Å²) in [5.74, 6) is -0.0326. The number of benzene rings is 1.